The Labute approximate surface area is 117 Å². The van der Waals surface area contributed by atoms with Crippen molar-refractivity contribution in [2.75, 3.05) is 18.7 Å². The summed E-state index contributed by atoms with van der Waals surface area (Å²) in [5.41, 5.74) is 0.835. The summed E-state index contributed by atoms with van der Waals surface area (Å²) in [4.78, 5) is 12.0. The first-order chi connectivity index (χ1) is 9.49. The number of pyridine rings is 1. The van der Waals surface area contributed by atoms with Gasteiger partial charge in [-0.2, -0.15) is 4.98 Å². The molecule has 0 aliphatic carbocycles. The van der Waals surface area contributed by atoms with E-state index in [9.17, 15) is 8.42 Å². The smallest absolute Gasteiger partial charge is 0.233 e. The van der Waals surface area contributed by atoms with Crippen LogP contribution >= 0.6 is 0 Å². The second-order valence-corrected chi connectivity index (χ2v) is 6.04. The van der Waals surface area contributed by atoms with E-state index in [1.807, 2.05) is 0 Å². The normalized spacial score (nSPS) is 11.1. The van der Waals surface area contributed by atoms with Gasteiger partial charge in [0.05, 0.1) is 19.5 Å². The Balaban J connectivity index is 2.04. The van der Waals surface area contributed by atoms with Gasteiger partial charge in [-0.15, -0.1) is 0 Å². The molecule has 0 saturated carbocycles. The van der Waals surface area contributed by atoms with Gasteiger partial charge in [-0.3, -0.25) is 4.98 Å². The Morgan fingerprint density at radius 3 is 2.65 bits per heavy atom. The second-order valence-electron chi connectivity index (χ2n) is 4.08. The topological polar surface area (TPSA) is 94.1 Å². The molecular weight excluding hydrogens is 280 g/mol. The molecule has 106 valence electrons. The number of sulfone groups is 1. The summed E-state index contributed by atoms with van der Waals surface area (Å²) in [6.07, 6.45) is 5.71. The number of hydrogen-bond donors (Lipinski definition) is 1. The average molecular weight is 294 g/mol. The standard InChI is InChI=1S/C12H14N4O3S/c1-19-11-8-13-7-10(16-11)14-5-9-3-4-12(15-6-9)20(2,17)18/h3-4,6-8H,5H2,1-2H3,(H,14,16). The lowest BCUT2D eigenvalue weighted by Gasteiger charge is -2.06. The van der Waals surface area contributed by atoms with Crippen molar-refractivity contribution in [2.45, 2.75) is 11.6 Å². The van der Waals surface area contributed by atoms with Gasteiger partial charge in [0.25, 0.3) is 0 Å². The highest BCUT2D eigenvalue weighted by molar-refractivity contribution is 7.90. The first-order valence-electron chi connectivity index (χ1n) is 5.74. The Kier molecular flexibility index (Phi) is 4.14. The minimum absolute atomic E-state index is 0.0578. The van der Waals surface area contributed by atoms with Crippen LogP contribution in [0.4, 0.5) is 5.82 Å². The number of anilines is 1. The number of aromatic nitrogens is 3. The molecule has 0 unspecified atom stereocenters. The molecule has 0 fully saturated rings. The van der Waals surface area contributed by atoms with Crippen molar-refractivity contribution in [3.05, 3.63) is 36.3 Å². The van der Waals surface area contributed by atoms with E-state index in [0.717, 1.165) is 11.8 Å². The summed E-state index contributed by atoms with van der Waals surface area (Å²) in [5, 5.41) is 3.11. The van der Waals surface area contributed by atoms with E-state index < -0.39 is 9.84 Å². The van der Waals surface area contributed by atoms with Crippen molar-refractivity contribution in [1.29, 1.82) is 0 Å². The van der Waals surface area contributed by atoms with Crippen molar-refractivity contribution >= 4 is 15.7 Å². The molecule has 0 amide bonds. The van der Waals surface area contributed by atoms with Gasteiger partial charge < -0.3 is 10.1 Å². The fourth-order valence-corrected chi connectivity index (χ4v) is 2.02. The largest absolute Gasteiger partial charge is 0.480 e. The number of methoxy groups -OCH3 is 1. The highest BCUT2D eigenvalue weighted by Gasteiger charge is 2.08. The zero-order chi connectivity index (χ0) is 14.6. The van der Waals surface area contributed by atoms with Crippen LogP contribution in [0, 0.1) is 0 Å². The Bertz CT molecular complexity index is 686. The first-order valence-corrected chi connectivity index (χ1v) is 7.63. The van der Waals surface area contributed by atoms with Crippen molar-refractivity contribution in [3.63, 3.8) is 0 Å². The molecule has 0 saturated heterocycles. The van der Waals surface area contributed by atoms with Crippen LogP contribution in [0.5, 0.6) is 5.88 Å². The van der Waals surface area contributed by atoms with E-state index in [1.54, 1.807) is 12.3 Å². The van der Waals surface area contributed by atoms with Gasteiger partial charge >= 0.3 is 0 Å². The van der Waals surface area contributed by atoms with Gasteiger partial charge in [0.2, 0.25) is 5.88 Å². The highest BCUT2D eigenvalue weighted by atomic mass is 32.2. The number of nitrogens with zero attached hydrogens (tertiary/aromatic N) is 3. The lowest BCUT2D eigenvalue weighted by Crippen LogP contribution is -2.05. The van der Waals surface area contributed by atoms with Crippen LogP contribution < -0.4 is 10.1 Å². The highest BCUT2D eigenvalue weighted by Crippen LogP contribution is 2.11. The summed E-state index contributed by atoms with van der Waals surface area (Å²) in [7, 11) is -1.75. The van der Waals surface area contributed by atoms with Gasteiger partial charge in [-0.1, -0.05) is 6.07 Å². The fraction of sp³-hybridized carbons (Fsp3) is 0.250. The molecule has 0 aliphatic heterocycles. The molecule has 0 aliphatic rings. The van der Waals surface area contributed by atoms with Crippen LogP contribution in [-0.2, 0) is 16.4 Å². The molecule has 2 rings (SSSR count). The predicted octanol–water partition coefficient (Wildman–Crippen LogP) is 0.896. The van der Waals surface area contributed by atoms with Crippen molar-refractivity contribution in [1.82, 2.24) is 15.0 Å². The molecule has 20 heavy (non-hydrogen) atoms. The molecule has 0 aromatic carbocycles. The summed E-state index contributed by atoms with van der Waals surface area (Å²) in [5.74, 6) is 0.983. The van der Waals surface area contributed by atoms with E-state index in [-0.39, 0.29) is 5.03 Å². The van der Waals surface area contributed by atoms with Crippen molar-refractivity contribution in [2.24, 2.45) is 0 Å². The Morgan fingerprint density at radius 2 is 2.05 bits per heavy atom. The molecule has 0 radical (unpaired) electrons. The third-order valence-electron chi connectivity index (χ3n) is 2.47. The van der Waals surface area contributed by atoms with Crippen LogP contribution in [0.25, 0.3) is 0 Å². The van der Waals surface area contributed by atoms with Crippen molar-refractivity contribution in [3.8, 4) is 5.88 Å². The van der Waals surface area contributed by atoms with Crippen LogP contribution in [0.3, 0.4) is 0 Å². The Hall–Kier alpha value is -2.22. The number of ether oxygens (including phenoxy) is 1. The van der Waals surface area contributed by atoms with Gasteiger partial charge in [0, 0.05) is 19.0 Å². The minimum atomic E-state index is -3.27. The minimum Gasteiger partial charge on any atom is -0.480 e. The number of rotatable bonds is 5. The maximum Gasteiger partial charge on any atom is 0.233 e. The van der Waals surface area contributed by atoms with Crippen LogP contribution in [-0.4, -0.2) is 36.7 Å². The van der Waals surface area contributed by atoms with Crippen LogP contribution in [0.2, 0.25) is 0 Å². The number of nitrogens with one attached hydrogen (secondary N) is 1. The van der Waals surface area contributed by atoms with Gasteiger partial charge in [0.1, 0.15) is 5.82 Å². The summed E-state index contributed by atoms with van der Waals surface area (Å²) in [6, 6.07) is 3.17. The van der Waals surface area contributed by atoms with Crippen molar-refractivity contribution < 1.29 is 13.2 Å². The molecule has 0 atom stereocenters. The summed E-state index contributed by atoms with van der Waals surface area (Å²) in [6.45, 7) is 0.457. The third-order valence-corrected chi connectivity index (χ3v) is 3.47. The molecular formula is C12H14N4O3S. The molecule has 2 aromatic heterocycles. The molecule has 7 nitrogen and oxygen atoms in total. The lowest BCUT2D eigenvalue weighted by atomic mass is 10.3. The molecule has 2 aromatic rings. The SMILES string of the molecule is COc1cncc(NCc2ccc(S(C)(=O)=O)nc2)n1. The molecule has 8 heteroatoms. The maximum absolute atomic E-state index is 11.3. The maximum atomic E-state index is 11.3. The van der Waals surface area contributed by atoms with E-state index in [2.05, 4.69) is 20.3 Å². The van der Waals surface area contributed by atoms with E-state index in [0.29, 0.717) is 18.2 Å². The van der Waals surface area contributed by atoms with Crippen LogP contribution in [0.1, 0.15) is 5.56 Å². The van der Waals surface area contributed by atoms with E-state index in [1.165, 1.54) is 25.6 Å². The van der Waals surface area contributed by atoms with E-state index >= 15 is 0 Å². The summed E-state index contributed by atoms with van der Waals surface area (Å²) < 4.78 is 27.5. The average Bonchev–Trinajstić information content (AvgIpc) is 2.45. The van der Waals surface area contributed by atoms with E-state index in [4.69, 9.17) is 4.74 Å². The zero-order valence-electron chi connectivity index (χ0n) is 11.1. The fourth-order valence-electron chi connectivity index (χ4n) is 1.46. The molecule has 0 spiro atoms. The molecule has 1 N–H and O–H groups in total. The summed E-state index contributed by atoms with van der Waals surface area (Å²) >= 11 is 0. The Morgan fingerprint density at radius 1 is 1.25 bits per heavy atom. The zero-order valence-corrected chi connectivity index (χ0v) is 11.9. The first kappa shape index (κ1) is 14.2. The van der Waals surface area contributed by atoms with Gasteiger partial charge in [-0.25, -0.2) is 13.4 Å². The van der Waals surface area contributed by atoms with Crippen LogP contribution in [0.15, 0.2) is 35.7 Å². The van der Waals surface area contributed by atoms with Gasteiger partial charge in [-0.05, 0) is 11.6 Å². The third kappa shape index (κ3) is 3.64. The lowest BCUT2D eigenvalue weighted by molar-refractivity contribution is 0.396. The quantitative estimate of drug-likeness (QED) is 0.875. The van der Waals surface area contributed by atoms with Gasteiger partial charge in [0.15, 0.2) is 14.9 Å². The molecule has 2 heterocycles. The molecule has 0 bridgehead atoms. The number of hydrogen-bond acceptors (Lipinski definition) is 7. The second kappa shape index (κ2) is 5.83. The predicted molar refractivity (Wildman–Crippen MR) is 73.3 cm³/mol. The monoisotopic (exact) mass is 294 g/mol.